The van der Waals surface area contributed by atoms with Gasteiger partial charge in [-0.1, -0.05) is 6.42 Å². The topological polar surface area (TPSA) is 80.8 Å². The molecule has 0 saturated carbocycles. The van der Waals surface area contributed by atoms with Crippen LogP contribution >= 0.6 is 0 Å². The summed E-state index contributed by atoms with van der Waals surface area (Å²) in [4.78, 5) is 2.24. The van der Waals surface area contributed by atoms with E-state index < -0.39 is 31.0 Å². The molecule has 140 valence electrons. The van der Waals surface area contributed by atoms with Crippen molar-refractivity contribution in [2.75, 3.05) is 31.7 Å². The number of nitrogens with zero attached hydrogens (tertiary/aromatic N) is 1. The van der Waals surface area contributed by atoms with Gasteiger partial charge in [0.2, 0.25) is 0 Å². The minimum Gasteiger partial charge on any atom is -0.496 e. The zero-order chi connectivity index (χ0) is 18.2. The van der Waals surface area contributed by atoms with E-state index >= 15 is 0 Å². The molecule has 2 fully saturated rings. The molecule has 0 N–H and O–H groups in total. The van der Waals surface area contributed by atoms with Crippen LogP contribution in [-0.4, -0.2) is 64.7 Å². The number of methoxy groups -OCH3 is 1. The normalized spacial score (nSPS) is 27.3. The van der Waals surface area contributed by atoms with Gasteiger partial charge in [-0.05, 0) is 56.6 Å². The highest BCUT2D eigenvalue weighted by atomic mass is 32.2. The summed E-state index contributed by atoms with van der Waals surface area (Å²) in [5.41, 5.74) is 0.721. The summed E-state index contributed by atoms with van der Waals surface area (Å²) >= 11 is 0. The third-order valence-corrected chi connectivity index (χ3v) is 9.34. The number of hydrogen-bond acceptors (Lipinski definition) is 6. The summed E-state index contributed by atoms with van der Waals surface area (Å²) in [6.07, 6.45) is 3.10. The molecule has 2 saturated heterocycles. The predicted molar refractivity (Wildman–Crippen MR) is 96.6 cm³/mol. The second kappa shape index (κ2) is 6.89. The highest BCUT2D eigenvalue weighted by molar-refractivity contribution is 7.96. The van der Waals surface area contributed by atoms with E-state index in [1.54, 1.807) is 19.1 Å². The summed E-state index contributed by atoms with van der Waals surface area (Å²) in [5, 5.41) is -0.900. The molecule has 2 atom stereocenters. The molecule has 0 spiro atoms. The standard InChI is InChI=1S/C17H25NO5S2/c1-13-10-14(6-7-16(13)23-2)25(21,22)17-12-24(19,20)11-15(17)18-8-4-3-5-9-18/h6-7,10,15,17H,3-5,8-9,11-12H2,1-2H3/t15-,17+/m1/s1. The van der Waals surface area contributed by atoms with E-state index in [-0.39, 0.29) is 16.4 Å². The molecular weight excluding hydrogens is 362 g/mol. The monoisotopic (exact) mass is 387 g/mol. The van der Waals surface area contributed by atoms with Gasteiger partial charge in [0.15, 0.2) is 19.7 Å². The summed E-state index contributed by atoms with van der Waals surface area (Å²) < 4.78 is 56.0. The van der Waals surface area contributed by atoms with Crippen LogP contribution in [-0.2, 0) is 19.7 Å². The molecule has 0 aromatic heterocycles. The van der Waals surface area contributed by atoms with Gasteiger partial charge in [-0.25, -0.2) is 16.8 Å². The zero-order valence-corrected chi connectivity index (χ0v) is 16.3. The van der Waals surface area contributed by atoms with Gasteiger partial charge in [-0.3, -0.25) is 4.90 Å². The SMILES string of the molecule is COc1ccc(S(=O)(=O)[C@H]2CS(=O)(=O)C[C@H]2N2CCCCC2)cc1C. The quantitative estimate of drug-likeness (QED) is 0.777. The van der Waals surface area contributed by atoms with E-state index in [1.165, 1.54) is 13.2 Å². The van der Waals surface area contributed by atoms with E-state index in [4.69, 9.17) is 4.74 Å². The van der Waals surface area contributed by atoms with Crippen LogP contribution in [0.25, 0.3) is 0 Å². The molecule has 2 aliphatic heterocycles. The van der Waals surface area contributed by atoms with Crippen LogP contribution < -0.4 is 4.74 Å². The Hall–Kier alpha value is -1.12. The molecule has 1 aromatic carbocycles. The number of benzene rings is 1. The molecule has 1 aromatic rings. The number of piperidine rings is 1. The van der Waals surface area contributed by atoms with Crippen molar-refractivity contribution in [2.24, 2.45) is 0 Å². The molecule has 2 heterocycles. The van der Waals surface area contributed by atoms with Crippen molar-refractivity contribution >= 4 is 19.7 Å². The lowest BCUT2D eigenvalue weighted by Gasteiger charge is -2.34. The maximum absolute atomic E-state index is 13.2. The summed E-state index contributed by atoms with van der Waals surface area (Å²) in [7, 11) is -5.55. The molecule has 25 heavy (non-hydrogen) atoms. The van der Waals surface area contributed by atoms with Crippen LogP contribution in [0.4, 0.5) is 0 Å². The van der Waals surface area contributed by atoms with Crippen LogP contribution in [0.2, 0.25) is 0 Å². The summed E-state index contributed by atoms with van der Waals surface area (Å²) in [5.74, 6) is 0.263. The Kier molecular flexibility index (Phi) is 5.14. The largest absolute Gasteiger partial charge is 0.496 e. The summed E-state index contributed by atoms with van der Waals surface area (Å²) in [6.45, 7) is 3.33. The molecule has 3 rings (SSSR count). The van der Waals surface area contributed by atoms with E-state index in [2.05, 4.69) is 4.90 Å². The Morgan fingerprint density at radius 2 is 1.80 bits per heavy atom. The third kappa shape index (κ3) is 3.71. The van der Waals surface area contributed by atoms with E-state index in [9.17, 15) is 16.8 Å². The molecule has 8 heteroatoms. The Labute approximate surface area is 150 Å². The minimum atomic E-state index is -3.73. The zero-order valence-electron chi connectivity index (χ0n) is 14.6. The number of aryl methyl sites for hydroxylation is 1. The van der Waals surface area contributed by atoms with Gasteiger partial charge in [-0.2, -0.15) is 0 Å². The molecule has 0 aliphatic carbocycles. The van der Waals surface area contributed by atoms with E-state index in [1.807, 2.05) is 0 Å². The van der Waals surface area contributed by atoms with Crippen molar-refractivity contribution in [2.45, 2.75) is 42.4 Å². The Morgan fingerprint density at radius 3 is 2.40 bits per heavy atom. The maximum Gasteiger partial charge on any atom is 0.183 e. The van der Waals surface area contributed by atoms with Gasteiger partial charge in [-0.15, -0.1) is 0 Å². The summed E-state index contributed by atoms with van der Waals surface area (Å²) in [6, 6.07) is 4.27. The fourth-order valence-corrected chi connectivity index (χ4v) is 8.80. The van der Waals surface area contributed by atoms with Gasteiger partial charge in [0, 0.05) is 6.04 Å². The molecule has 2 aliphatic rings. The maximum atomic E-state index is 13.2. The predicted octanol–water partition coefficient (Wildman–Crippen LogP) is 1.43. The van der Waals surface area contributed by atoms with Gasteiger partial charge in [0.25, 0.3) is 0 Å². The van der Waals surface area contributed by atoms with Crippen LogP contribution in [0.15, 0.2) is 23.1 Å². The van der Waals surface area contributed by atoms with E-state index in [0.717, 1.165) is 37.9 Å². The number of hydrogen-bond donors (Lipinski definition) is 0. The molecule has 0 amide bonds. The van der Waals surface area contributed by atoms with Crippen molar-refractivity contribution in [3.63, 3.8) is 0 Å². The van der Waals surface area contributed by atoms with Crippen LogP contribution in [0, 0.1) is 6.92 Å². The number of sulfone groups is 2. The third-order valence-electron chi connectivity index (χ3n) is 5.23. The van der Waals surface area contributed by atoms with Gasteiger partial charge >= 0.3 is 0 Å². The Bertz CT molecular complexity index is 842. The molecule has 0 bridgehead atoms. The molecule has 6 nitrogen and oxygen atoms in total. The second-order valence-corrected chi connectivity index (χ2v) is 11.3. The lowest BCUT2D eigenvalue weighted by Crippen LogP contribution is -2.48. The first kappa shape index (κ1) is 18.7. The first-order chi connectivity index (χ1) is 11.7. The lowest BCUT2D eigenvalue weighted by molar-refractivity contribution is 0.178. The second-order valence-electron chi connectivity index (χ2n) is 6.96. The van der Waals surface area contributed by atoms with Crippen LogP contribution in [0.3, 0.4) is 0 Å². The Morgan fingerprint density at radius 1 is 1.12 bits per heavy atom. The van der Waals surface area contributed by atoms with Crippen LogP contribution in [0.1, 0.15) is 24.8 Å². The van der Waals surface area contributed by atoms with Crippen molar-refractivity contribution in [1.29, 1.82) is 0 Å². The lowest BCUT2D eigenvalue weighted by atomic mass is 10.1. The minimum absolute atomic E-state index is 0.0635. The number of ether oxygens (including phenoxy) is 1. The van der Waals surface area contributed by atoms with Crippen molar-refractivity contribution in [1.82, 2.24) is 4.90 Å². The number of likely N-dealkylation sites (tertiary alicyclic amines) is 1. The fraction of sp³-hybridized carbons (Fsp3) is 0.647. The van der Waals surface area contributed by atoms with Crippen molar-refractivity contribution < 1.29 is 21.6 Å². The van der Waals surface area contributed by atoms with E-state index in [0.29, 0.717) is 5.75 Å². The highest BCUT2D eigenvalue weighted by Crippen LogP contribution is 2.32. The fourth-order valence-electron chi connectivity index (χ4n) is 3.89. The molecule has 0 unspecified atom stereocenters. The average molecular weight is 388 g/mol. The van der Waals surface area contributed by atoms with Gasteiger partial charge in [0.05, 0.1) is 28.8 Å². The van der Waals surface area contributed by atoms with Crippen LogP contribution in [0.5, 0.6) is 5.75 Å². The first-order valence-electron chi connectivity index (χ1n) is 8.57. The molecular formula is C17H25NO5S2. The highest BCUT2D eigenvalue weighted by Gasteiger charge is 2.48. The van der Waals surface area contributed by atoms with Crippen molar-refractivity contribution in [3.05, 3.63) is 23.8 Å². The number of rotatable bonds is 4. The van der Waals surface area contributed by atoms with Crippen molar-refractivity contribution in [3.8, 4) is 5.75 Å². The van der Waals surface area contributed by atoms with Gasteiger partial charge in [0.1, 0.15) is 5.75 Å². The average Bonchev–Trinajstić information content (AvgIpc) is 2.92. The Balaban J connectivity index is 1.97. The smallest absolute Gasteiger partial charge is 0.183 e. The van der Waals surface area contributed by atoms with Gasteiger partial charge < -0.3 is 4.74 Å². The molecule has 0 radical (unpaired) electrons. The first-order valence-corrected chi connectivity index (χ1v) is 11.9.